The largest absolute Gasteiger partial charge is 0.490 e. The fraction of sp³-hybridized carbons (Fsp3) is 0.500. The molecular formula is C10H14BrClN2O. The zero-order valence-corrected chi connectivity index (χ0v) is 10.9. The zero-order valence-electron chi connectivity index (χ0n) is 8.50. The second-order valence-corrected chi connectivity index (χ2v) is 4.34. The number of hydrogen-bond acceptors (Lipinski definition) is 3. The maximum absolute atomic E-state index is 5.59. The van der Waals surface area contributed by atoms with Crippen LogP contribution in [-0.2, 0) is 0 Å². The molecule has 5 heteroatoms. The number of aryl methyl sites for hydroxylation is 1. The van der Waals surface area contributed by atoms with Crippen molar-refractivity contribution in [1.82, 2.24) is 10.3 Å². The van der Waals surface area contributed by atoms with E-state index in [-0.39, 0.29) is 12.4 Å². The van der Waals surface area contributed by atoms with E-state index in [1.54, 1.807) is 6.20 Å². The molecule has 1 aliphatic rings. The number of nitrogens with one attached hydrogen (secondary N) is 1. The summed E-state index contributed by atoms with van der Waals surface area (Å²) in [4.78, 5) is 4.21. The van der Waals surface area contributed by atoms with Gasteiger partial charge < -0.3 is 10.1 Å². The molecule has 0 unspecified atom stereocenters. The predicted octanol–water partition coefficient (Wildman–Crippen LogP) is 2.32. The van der Waals surface area contributed by atoms with Crippen molar-refractivity contribution >= 4 is 28.3 Å². The second kappa shape index (κ2) is 5.68. The first-order chi connectivity index (χ1) is 6.75. The third kappa shape index (κ3) is 3.33. The molecule has 0 amide bonds. The van der Waals surface area contributed by atoms with Gasteiger partial charge in [-0.05, 0) is 41.9 Å². The van der Waals surface area contributed by atoms with Crippen LogP contribution in [0.5, 0.6) is 5.75 Å². The first kappa shape index (κ1) is 12.7. The lowest BCUT2D eigenvalue weighted by molar-refractivity contribution is 0.217. The Morgan fingerprint density at radius 2 is 2.40 bits per heavy atom. The van der Waals surface area contributed by atoms with Crippen molar-refractivity contribution in [1.29, 1.82) is 0 Å². The molecule has 0 saturated carbocycles. The molecule has 2 rings (SSSR count). The fourth-order valence-corrected chi connectivity index (χ4v) is 1.58. The number of hydrogen-bond donors (Lipinski definition) is 1. The van der Waals surface area contributed by atoms with Crippen LogP contribution >= 0.6 is 28.3 Å². The van der Waals surface area contributed by atoms with E-state index in [0.717, 1.165) is 29.1 Å². The molecule has 3 nitrogen and oxygen atoms in total. The summed E-state index contributed by atoms with van der Waals surface area (Å²) < 4.78 is 6.59. The molecule has 84 valence electrons. The number of aromatic nitrogens is 1. The highest BCUT2D eigenvalue weighted by atomic mass is 79.9. The molecule has 2 heterocycles. The molecule has 1 N–H and O–H groups in total. The SMILES string of the molecule is Cc1ncc(OC[C@@H]2CCN2)cc1Br.Cl. The van der Waals surface area contributed by atoms with E-state index in [9.17, 15) is 0 Å². The van der Waals surface area contributed by atoms with Gasteiger partial charge in [0.2, 0.25) is 0 Å². The molecule has 1 aromatic rings. The van der Waals surface area contributed by atoms with E-state index in [1.165, 1.54) is 6.42 Å². The van der Waals surface area contributed by atoms with Gasteiger partial charge in [-0.2, -0.15) is 0 Å². The molecule has 1 fully saturated rings. The predicted molar refractivity (Wildman–Crippen MR) is 65.8 cm³/mol. The molecule has 0 spiro atoms. The van der Waals surface area contributed by atoms with Crippen LogP contribution in [0.4, 0.5) is 0 Å². The number of rotatable bonds is 3. The van der Waals surface area contributed by atoms with Crippen molar-refractivity contribution in [2.45, 2.75) is 19.4 Å². The normalized spacial score (nSPS) is 18.9. The highest BCUT2D eigenvalue weighted by Gasteiger charge is 2.16. The van der Waals surface area contributed by atoms with Crippen LogP contribution in [0.15, 0.2) is 16.7 Å². The Hall–Kier alpha value is -0.320. The monoisotopic (exact) mass is 292 g/mol. The molecular weight excluding hydrogens is 279 g/mol. The molecule has 1 atom stereocenters. The van der Waals surface area contributed by atoms with E-state index in [0.29, 0.717) is 6.04 Å². The summed E-state index contributed by atoms with van der Waals surface area (Å²) in [5, 5.41) is 3.28. The molecule has 1 saturated heterocycles. The van der Waals surface area contributed by atoms with Gasteiger partial charge in [-0.25, -0.2) is 0 Å². The molecule has 1 aliphatic heterocycles. The van der Waals surface area contributed by atoms with Gasteiger partial charge >= 0.3 is 0 Å². The summed E-state index contributed by atoms with van der Waals surface area (Å²) in [6.07, 6.45) is 2.97. The molecule has 0 bridgehead atoms. The maximum atomic E-state index is 5.59. The fourth-order valence-electron chi connectivity index (χ4n) is 1.26. The van der Waals surface area contributed by atoms with Gasteiger partial charge in [-0.1, -0.05) is 0 Å². The van der Waals surface area contributed by atoms with Crippen molar-refractivity contribution in [2.24, 2.45) is 0 Å². The summed E-state index contributed by atoms with van der Waals surface area (Å²) >= 11 is 3.43. The van der Waals surface area contributed by atoms with E-state index in [2.05, 4.69) is 26.2 Å². The summed E-state index contributed by atoms with van der Waals surface area (Å²) in [5.74, 6) is 0.830. The van der Waals surface area contributed by atoms with Gasteiger partial charge in [0.1, 0.15) is 12.4 Å². The van der Waals surface area contributed by atoms with Gasteiger partial charge in [-0.3, -0.25) is 4.98 Å². The summed E-state index contributed by atoms with van der Waals surface area (Å²) in [6, 6.07) is 2.48. The minimum atomic E-state index is 0. The molecule has 15 heavy (non-hydrogen) atoms. The van der Waals surface area contributed by atoms with E-state index in [4.69, 9.17) is 4.74 Å². The first-order valence-electron chi connectivity index (χ1n) is 4.74. The van der Waals surface area contributed by atoms with Crippen LogP contribution in [0.2, 0.25) is 0 Å². The number of ether oxygens (including phenoxy) is 1. The van der Waals surface area contributed by atoms with Crippen LogP contribution in [0.1, 0.15) is 12.1 Å². The number of halogens is 2. The summed E-state index contributed by atoms with van der Waals surface area (Å²) in [5.41, 5.74) is 0.985. The average Bonchev–Trinajstić information content (AvgIpc) is 2.08. The molecule has 0 radical (unpaired) electrons. The van der Waals surface area contributed by atoms with Crippen LogP contribution in [-0.4, -0.2) is 24.2 Å². The second-order valence-electron chi connectivity index (χ2n) is 3.49. The van der Waals surface area contributed by atoms with Gasteiger partial charge in [0.05, 0.1) is 11.9 Å². The summed E-state index contributed by atoms with van der Waals surface area (Å²) in [6.45, 7) is 3.81. The Morgan fingerprint density at radius 3 is 2.93 bits per heavy atom. The van der Waals surface area contributed by atoms with Gasteiger partial charge in [-0.15, -0.1) is 12.4 Å². The van der Waals surface area contributed by atoms with Crippen LogP contribution in [0.3, 0.4) is 0 Å². The van der Waals surface area contributed by atoms with E-state index >= 15 is 0 Å². The Morgan fingerprint density at radius 1 is 1.67 bits per heavy atom. The Bertz CT molecular complexity index is 331. The Kier molecular flexibility index (Phi) is 4.83. The van der Waals surface area contributed by atoms with Crippen LogP contribution in [0.25, 0.3) is 0 Å². The third-order valence-electron chi connectivity index (χ3n) is 2.38. The zero-order chi connectivity index (χ0) is 9.97. The van der Waals surface area contributed by atoms with E-state index < -0.39 is 0 Å². The smallest absolute Gasteiger partial charge is 0.138 e. The average molecular weight is 294 g/mol. The van der Waals surface area contributed by atoms with Crippen molar-refractivity contribution in [3.63, 3.8) is 0 Å². The van der Waals surface area contributed by atoms with Gasteiger partial charge in [0.15, 0.2) is 0 Å². The quantitative estimate of drug-likeness (QED) is 0.929. The highest BCUT2D eigenvalue weighted by molar-refractivity contribution is 9.10. The lowest BCUT2D eigenvalue weighted by Gasteiger charge is -2.27. The van der Waals surface area contributed by atoms with Gasteiger partial charge in [0.25, 0.3) is 0 Å². The molecule has 0 aromatic carbocycles. The van der Waals surface area contributed by atoms with Crippen molar-refractivity contribution < 1.29 is 4.74 Å². The lowest BCUT2D eigenvalue weighted by atomic mass is 10.1. The van der Waals surface area contributed by atoms with Crippen LogP contribution in [0, 0.1) is 6.92 Å². The minimum Gasteiger partial charge on any atom is -0.490 e. The van der Waals surface area contributed by atoms with Crippen molar-refractivity contribution in [3.05, 3.63) is 22.4 Å². The molecule has 1 aromatic heterocycles. The van der Waals surface area contributed by atoms with Crippen LogP contribution < -0.4 is 10.1 Å². The third-order valence-corrected chi connectivity index (χ3v) is 3.18. The highest BCUT2D eigenvalue weighted by Crippen LogP contribution is 2.20. The lowest BCUT2D eigenvalue weighted by Crippen LogP contribution is -2.46. The number of pyridine rings is 1. The Balaban J connectivity index is 0.00000112. The standard InChI is InChI=1S/C10H13BrN2O.ClH/c1-7-10(11)4-9(5-13-7)14-6-8-2-3-12-8;/h4-5,8,12H,2-3,6H2,1H3;1H/t8-;/m0./s1. The minimum absolute atomic E-state index is 0. The van der Waals surface area contributed by atoms with E-state index in [1.807, 2.05) is 13.0 Å². The topological polar surface area (TPSA) is 34.1 Å². The first-order valence-corrected chi connectivity index (χ1v) is 5.53. The Labute approximate surface area is 104 Å². The van der Waals surface area contributed by atoms with Crippen molar-refractivity contribution in [3.8, 4) is 5.75 Å². The molecule has 0 aliphatic carbocycles. The number of nitrogens with zero attached hydrogens (tertiary/aromatic N) is 1. The van der Waals surface area contributed by atoms with Gasteiger partial charge in [0, 0.05) is 10.5 Å². The maximum Gasteiger partial charge on any atom is 0.138 e. The summed E-state index contributed by atoms with van der Waals surface area (Å²) in [7, 11) is 0. The van der Waals surface area contributed by atoms with Crippen molar-refractivity contribution in [2.75, 3.05) is 13.2 Å².